The summed E-state index contributed by atoms with van der Waals surface area (Å²) in [6.07, 6.45) is -5.18. The van der Waals surface area contributed by atoms with Crippen molar-refractivity contribution >= 4 is 23.4 Å². The van der Waals surface area contributed by atoms with Crippen LogP contribution >= 0.6 is 0 Å². The minimum atomic E-state index is -5.32. The van der Waals surface area contributed by atoms with Gasteiger partial charge in [0.05, 0.1) is 11.3 Å². The lowest BCUT2D eigenvalue weighted by Crippen LogP contribution is -2.43. The first-order chi connectivity index (χ1) is 9.64. The van der Waals surface area contributed by atoms with Crippen LogP contribution in [-0.2, 0) is 9.59 Å². The molecular formula is C10H8F3N3O5. The van der Waals surface area contributed by atoms with Crippen molar-refractivity contribution in [2.75, 3.05) is 11.4 Å². The lowest BCUT2D eigenvalue weighted by Gasteiger charge is -2.21. The summed E-state index contributed by atoms with van der Waals surface area (Å²) in [5.74, 6) is -4.75. The number of anilines is 1. The first kappa shape index (κ1) is 16.3. The van der Waals surface area contributed by atoms with Crippen LogP contribution in [0.25, 0.3) is 0 Å². The second kappa shape index (κ2) is 6.15. The van der Waals surface area contributed by atoms with Gasteiger partial charge in [0.2, 0.25) is 5.82 Å². The topological polar surface area (TPSA) is 114 Å². The minimum Gasteiger partial charge on any atom is -0.481 e. The van der Waals surface area contributed by atoms with Crippen LogP contribution in [0, 0.1) is 10.1 Å². The Hall–Kier alpha value is -2.72. The molecular weight excluding hydrogens is 299 g/mol. The van der Waals surface area contributed by atoms with E-state index in [1.54, 1.807) is 0 Å². The van der Waals surface area contributed by atoms with E-state index in [-0.39, 0.29) is 4.90 Å². The number of nitro groups is 1. The lowest BCUT2D eigenvalue weighted by atomic mass is 10.3. The Morgan fingerprint density at radius 3 is 2.52 bits per heavy atom. The summed E-state index contributed by atoms with van der Waals surface area (Å²) in [6.45, 7) is -0.897. The van der Waals surface area contributed by atoms with E-state index < -0.39 is 47.4 Å². The smallest absolute Gasteiger partial charge is 0.471 e. The molecule has 8 nitrogen and oxygen atoms in total. The highest BCUT2D eigenvalue weighted by molar-refractivity contribution is 5.98. The summed E-state index contributed by atoms with van der Waals surface area (Å²) in [4.78, 5) is 34.8. The van der Waals surface area contributed by atoms with Crippen molar-refractivity contribution in [3.63, 3.8) is 0 Å². The van der Waals surface area contributed by atoms with Crippen LogP contribution in [0.3, 0.4) is 0 Å². The van der Waals surface area contributed by atoms with Crippen LogP contribution < -0.4 is 4.90 Å². The average molecular weight is 307 g/mol. The van der Waals surface area contributed by atoms with Gasteiger partial charge >= 0.3 is 23.7 Å². The van der Waals surface area contributed by atoms with E-state index >= 15 is 0 Å². The number of carbonyl (C=O) groups excluding carboxylic acids is 1. The molecule has 0 aromatic carbocycles. The zero-order valence-electron chi connectivity index (χ0n) is 10.2. The van der Waals surface area contributed by atoms with Gasteiger partial charge in [0.25, 0.3) is 0 Å². The third kappa shape index (κ3) is 4.12. The van der Waals surface area contributed by atoms with Gasteiger partial charge in [-0.25, -0.2) is 4.98 Å². The largest absolute Gasteiger partial charge is 0.481 e. The first-order valence-corrected chi connectivity index (χ1v) is 5.34. The van der Waals surface area contributed by atoms with Crippen LogP contribution in [0.2, 0.25) is 0 Å². The van der Waals surface area contributed by atoms with Crippen LogP contribution in [-0.4, -0.2) is 39.6 Å². The summed E-state index contributed by atoms with van der Waals surface area (Å²) in [6, 6.07) is 1.97. The Bertz CT molecular complexity index is 575. The zero-order chi connectivity index (χ0) is 16.2. The zero-order valence-corrected chi connectivity index (χ0v) is 10.2. The van der Waals surface area contributed by atoms with Gasteiger partial charge in [-0.15, -0.1) is 0 Å². The number of carboxylic acids is 1. The quantitative estimate of drug-likeness (QED) is 0.649. The van der Waals surface area contributed by atoms with Crippen molar-refractivity contribution in [3.05, 3.63) is 28.4 Å². The summed E-state index contributed by atoms with van der Waals surface area (Å²) in [7, 11) is 0. The van der Waals surface area contributed by atoms with Crippen molar-refractivity contribution < 1.29 is 32.8 Å². The molecule has 1 heterocycles. The Kier molecular flexibility index (Phi) is 4.79. The molecule has 0 bridgehead atoms. The number of nitrogens with zero attached hydrogens (tertiary/aromatic N) is 3. The molecule has 0 saturated carbocycles. The van der Waals surface area contributed by atoms with Gasteiger partial charge < -0.3 is 5.11 Å². The Labute approximate surface area is 115 Å². The van der Waals surface area contributed by atoms with Crippen LogP contribution in [0.5, 0.6) is 0 Å². The highest BCUT2D eigenvalue weighted by Crippen LogP contribution is 2.29. The van der Waals surface area contributed by atoms with Gasteiger partial charge in [-0.05, 0) is 6.07 Å². The van der Waals surface area contributed by atoms with Crippen LogP contribution in [0.15, 0.2) is 18.3 Å². The summed E-state index contributed by atoms with van der Waals surface area (Å²) in [5, 5.41) is 19.3. The van der Waals surface area contributed by atoms with Gasteiger partial charge in [0, 0.05) is 18.8 Å². The summed E-state index contributed by atoms with van der Waals surface area (Å²) >= 11 is 0. The second-order valence-electron chi connectivity index (χ2n) is 3.70. The molecule has 0 spiro atoms. The van der Waals surface area contributed by atoms with Gasteiger partial charge in [0.15, 0.2) is 0 Å². The molecule has 1 amide bonds. The molecule has 0 aliphatic carbocycles. The number of amides is 1. The molecule has 1 rings (SSSR count). The van der Waals surface area contributed by atoms with Crippen molar-refractivity contribution in [1.29, 1.82) is 0 Å². The predicted octanol–water partition coefficient (Wildman–Crippen LogP) is 1.36. The van der Waals surface area contributed by atoms with E-state index in [9.17, 15) is 32.9 Å². The fourth-order valence-corrected chi connectivity index (χ4v) is 1.40. The molecule has 1 aromatic rings. The number of carboxylic acid groups (broad SMARTS) is 1. The number of carbonyl (C=O) groups is 2. The number of rotatable bonds is 5. The number of halogens is 3. The average Bonchev–Trinajstić information content (AvgIpc) is 2.37. The monoisotopic (exact) mass is 307 g/mol. The highest BCUT2D eigenvalue weighted by Gasteiger charge is 2.45. The summed E-state index contributed by atoms with van der Waals surface area (Å²) in [5.41, 5.74) is -0.833. The third-order valence-corrected chi connectivity index (χ3v) is 2.26. The summed E-state index contributed by atoms with van der Waals surface area (Å²) < 4.78 is 37.5. The normalized spacial score (nSPS) is 11.0. The third-order valence-electron chi connectivity index (χ3n) is 2.26. The van der Waals surface area contributed by atoms with Gasteiger partial charge in [-0.1, -0.05) is 0 Å². The molecule has 0 aliphatic heterocycles. The highest BCUT2D eigenvalue weighted by atomic mass is 19.4. The number of hydrogen-bond donors (Lipinski definition) is 1. The van der Waals surface area contributed by atoms with Crippen molar-refractivity contribution in [1.82, 2.24) is 4.98 Å². The fraction of sp³-hybridized carbons (Fsp3) is 0.300. The van der Waals surface area contributed by atoms with Gasteiger partial charge in [-0.2, -0.15) is 13.2 Å². The predicted molar refractivity (Wildman–Crippen MR) is 61.6 cm³/mol. The standard InChI is InChI=1S/C10H8F3N3O5/c11-10(12,13)9(19)15(5-3-7(17)18)8-6(16(20)21)2-1-4-14-8/h1-2,4H,3,5H2,(H,17,18). The van der Waals surface area contributed by atoms with E-state index in [2.05, 4.69) is 4.98 Å². The number of hydrogen-bond acceptors (Lipinski definition) is 5. The Morgan fingerprint density at radius 2 is 2.05 bits per heavy atom. The van der Waals surface area contributed by atoms with E-state index in [4.69, 9.17) is 5.11 Å². The van der Waals surface area contributed by atoms with Crippen molar-refractivity contribution in [2.24, 2.45) is 0 Å². The van der Waals surface area contributed by atoms with Crippen molar-refractivity contribution in [2.45, 2.75) is 12.6 Å². The van der Waals surface area contributed by atoms with Crippen molar-refractivity contribution in [3.8, 4) is 0 Å². The van der Waals surface area contributed by atoms with Gasteiger partial charge in [0.1, 0.15) is 0 Å². The lowest BCUT2D eigenvalue weighted by molar-refractivity contribution is -0.384. The fourth-order valence-electron chi connectivity index (χ4n) is 1.40. The maximum Gasteiger partial charge on any atom is 0.471 e. The number of alkyl halides is 3. The molecule has 0 aliphatic rings. The number of aromatic nitrogens is 1. The number of aliphatic carboxylic acids is 1. The molecule has 0 saturated heterocycles. The van der Waals surface area contributed by atoms with E-state index in [0.717, 1.165) is 18.3 Å². The number of pyridine rings is 1. The minimum absolute atomic E-state index is 0.0632. The molecule has 0 fully saturated rings. The SMILES string of the molecule is O=C(O)CCN(C(=O)C(F)(F)F)c1ncccc1[N+](=O)[O-]. The molecule has 1 N–H and O–H groups in total. The molecule has 21 heavy (non-hydrogen) atoms. The molecule has 1 aromatic heterocycles. The van der Waals surface area contributed by atoms with Gasteiger partial charge in [-0.3, -0.25) is 24.6 Å². The second-order valence-corrected chi connectivity index (χ2v) is 3.70. The van der Waals surface area contributed by atoms with E-state index in [1.807, 2.05) is 0 Å². The maximum absolute atomic E-state index is 12.5. The van der Waals surface area contributed by atoms with Crippen LogP contribution in [0.4, 0.5) is 24.7 Å². The van der Waals surface area contributed by atoms with Crippen LogP contribution in [0.1, 0.15) is 6.42 Å². The first-order valence-electron chi connectivity index (χ1n) is 5.34. The van der Waals surface area contributed by atoms with E-state index in [1.165, 1.54) is 0 Å². The van der Waals surface area contributed by atoms with E-state index in [0.29, 0.717) is 0 Å². The Morgan fingerprint density at radius 1 is 1.43 bits per heavy atom. The maximum atomic E-state index is 12.5. The molecule has 11 heteroatoms. The molecule has 0 atom stereocenters. The molecule has 0 unspecified atom stereocenters. The Balaban J connectivity index is 3.27. The molecule has 114 valence electrons. The molecule has 0 radical (unpaired) electrons.